The van der Waals surface area contributed by atoms with E-state index in [9.17, 15) is 4.79 Å². The lowest BCUT2D eigenvalue weighted by atomic mass is 10.1. The summed E-state index contributed by atoms with van der Waals surface area (Å²) in [5.41, 5.74) is 1.99. The second kappa shape index (κ2) is 6.58. The number of Topliss-reactive ketones (excluding diaryl/α,β-unsaturated/α-hetero) is 1. The Morgan fingerprint density at radius 2 is 2.00 bits per heavy atom. The van der Waals surface area contributed by atoms with Crippen LogP contribution in [0, 0.1) is 0 Å². The van der Waals surface area contributed by atoms with Crippen molar-refractivity contribution >= 4 is 11.5 Å². The molecule has 2 aliphatic heterocycles. The third-order valence-corrected chi connectivity index (χ3v) is 4.59. The van der Waals surface area contributed by atoms with Gasteiger partial charge in [0.05, 0.1) is 13.2 Å². The van der Waals surface area contributed by atoms with Gasteiger partial charge in [-0.3, -0.25) is 9.69 Å². The minimum Gasteiger partial charge on any atom is -0.379 e. The molecule has 1 unspecified atom stereocenters. The summed E-state index contributed by atoms with van der Waals surface area (Å²) in [6.07, 6.45) is 1.74. The quantitative estimate of drug-likeness (QED) is 0.795. The summed E-state index contributed by atoms with van der Waals surface area (Å²) in [5.74, 6) is 0.237. The molecule has 1 aromatic rings. The van der Waals surface area contributed by atoms with Gasteiger partial charge in [-0.1, -0.05) is 19.1 Å². The third-order valence-electron chi connectivity index (χ3n) is 4.59. The molecule has 2 heterocycles. The highest BCUT2D eigenvalue weighted by atomic mass is 16.5. The Hall–Kier alpha value is -1.39. The van der Waals surface area contributed by atoms with Crippen molar-refractivity contribution < 1.29 is 9.53 Å². The van der Waals surface area contributed by atoms with Crippen LogP contribution in [0.15, 0.2) is 24.3 Å². The molecule has 0 aromatic heterocycles. The number of para-hydroxylation sites is 1. The average Bonchev–Trinajstić information content (AvgIpc) is 3.05. The summed E-state index contributed by atoms with van der Waals surface area (Å²) >= 11 is 0. The number of benzene rings is 1. The smallest absolute Gasteiger partial charge is 0.164 e. The Bertz CT molecular complexity index is 497. The van der Waals surface area contributed by atoms with E-state index in [2.05, 4.69) is 15.9 Å². The van der Waals surface area contributed by atoms with Crippen LogP contribution in [-0.4, -0.2) is 56.1 Å². The van der Waals surface area contributed by atoms with E-state index >= 15 is 0 Å². The number of carbonyl (C=O) groups excluding carboxylic acids is 1. The Balaban J connectivity index is 1.72. The van der Waals surface area contributed by atoms with Crippen LogP contribution in [0.5, 0.6) is 0 Å². The van der Waals surface area contributed by atoms with Crippen molar-refractivity contribution in [3.63, 3.8) is 0 Å². The maximum absolute atomic E-state index is 12.1. The first-order valence-electron chi connectivity index (χ1n) is 7.98. The molecule has 4 heteroatoms. The number of carbonyl (C=O) groups is 1. The molecule has 0 bridgehead atoms. The molecule has 0 radical (unpaired) electrons. The number of hydrogen-bond acceptors (Lipinski definition) is 4. The second-order valence-corrected chi connectivity index (χ2v) is 5.83. The number of ether oxygens (including phenoxy) is 1. The Morgan fingerprint density at radius 1 is 1.24 bits per heavy atom. The van der Waals surface area contributed by atoms with E-state index in [-0.39, 0.29) is 5.78 Å². The van der Waals surface area contributed by atoms with Gasteiger partial charge < -0.3 is 9.64 Å². The first kappa shape index (κ1) is 14.5. The largest absolute Gasteiger partial charge is 0.379 e. The Morgan fingerprint density at radius 3 is 2.76 bits per heavy atom. The van der Waals surface area contributed by atoms with E-state index in [1.807, 2.05) is 25.1 Å². The van der Waals surface area contributed by atoms with Crippen molar-refractivity contribution in [1.29, 1.82) is 0 Å². The van der Waals surface area contributed by atoms with Crippen LogP contribution in [0.1, 0.15) is 30.1 Å². The van der Waals surface area contributed by atoms with E-state index in [0.29, 0.717) is 12.5 Å². The number of anilines is 1. The number of ketones is 1. The van der Waals surface area contributed by atoms with Gasteiger partial charge in [0.2, 0.25) is 0 Å². The summed E-state index contributed by atoms with van der Waals surface area (Å²) in [5, 5.41) is 0. The molecule has 0 amide bonds. The van der Waals surface area contributed by atoms with Crippen LogP contribution in [0.3, 0.4) is 0 Å². The summed E-state index contributed by atoms with van der Waals surface area (Å²) < 4.78 is 5.44. The van der Waals surface area contributed by atoms with Gasteiger partial charge in [-0.05, 0) is 18.6 Å². The fraction of sp³-hybridized carbons (Fsp3) is 0.588. The lowest BCUT2D eigenvalue weighted by molar-refractivity contribution is 0.0209. The maximum atomic E-state index is 12.1. The van der Waals surface area contributed by atoms with E-state index in [0.717, 1.165) is 50.6 Å². The molecular weight excluding hydrogens is 264 g/mol. The van der Waals surface area contributed by atoms with E-state index in [4.69, 9.17) is 4.74 Å². The highest BCUT2D eigenvalue weighted by molar-refractivity contribution is 6.01. The minimum absolute atomic E-state index is 0.237. The van der Waals surface area contributed by atoms with Gasteiger partial charge >= 0.3 is 0 Å². The monoisotopic (exact) mass is 288 g/mol. The molecule has 3 rings (SSSR count). The number of rotatable bonds is 4. The Kier molecular flexibility index (Phi) is 4.56. The van der Waals surface area contributed by atoms with Gasteiger partial charge in [0.25, 0.3) is 0 Å². The van der Waals surface area contributed by atoms with Crippen LogP contribution in [0.4, 0.5) is 5.69 Å². The molecule has 2 fully saturated rings. The SMILES string of the molecule is CCC(=O)c1ccccc1N1CCC(N2CCOCC2)C1. The summed E-state index contributed by atoms with van der Waals surface area (Å²) in [4.78, 5) is 17.0. The lowest BCUT2D eigenvalue weighted by Gasteiger charge is -2.32. The summed E-state index contributed by atoms with van der Waals surface area (Å²) in [7, 11) is 0. The van der Waals surface area contributed by atoms with Gasteiger partial charge in [-0.2, -0.15) is 0 Å². The molecule has 0 saturated carbocycles. The number of morpholine rings is 1. The van der Waals surface area contributed by atoms with Gasteiger partial charge in [-0.25, -0.2) is 0 Å². The zero-order valence-corrected chi connectivity index (χ0v) is 12.8. The molecule has 1 atom stereocenters. The maximum Gasteiger partial charge on any atom is 0.164 e. The predicted octanol–water partition coefficient (Wildman–Crippen LogP) is 2.19. The van der Waals surface area contributed by atoms with Crippen molar-refractivity contribution in [3.05, 3.63) is 29.8 Å². The van der Waals surface area contributed by atoms with Crippen LogP contribution in [0.25, 0.3) is 0 Å². The number of hydrogen-bond donors (Lipinski definition) is 0. The molecule has 0 spiro atoms. The van der Waals surface area contributed by atoms with Crippen LogP contribution in [0.2, 0.25) is 0 Å². The standard InChI is InChI=1S/C17H24N2O2/c1-2-17(20)15-5-3-4-6-16(15)19-8-7-14(13-19)18-9-11-21-12-10-18/h3-6,14H,2,7-13H2,1H3. The summed E-state index contributed by atoms with van der Waals surface area (Å²) in [6.45, 7) is 7.76. The van der Waals surface area contributed by atoms with Crippen molar-refractivity contribution in [2.24, 2.45) is 0 Å². The normalized spacial score (nSPS) is 23.5. The molecule has 21 heavy (non-hydrogen) atoms. The van der Waals surface area contributed by atoms with Crippen LogP contribution >= 0.6 is 0 Å². The van der Waals surface area contributed by atoms with Gasteiger partial charge in [0.1, 0.15) is 0 Å². The zero-order chi connectivity index (χ0) is 14.7. The molecule has 4 nitrogen and oxygen atoms in total. The predicted molar refractivity (Wildman–Crippen MR) is 84.1 cm³/mol. The average molecular weight is 288 g/mol. The summed E-state index contributed by atoms with van der Waals surface area (Å²) in [6, 6.07) is 8.64. The zero-order valence-electron chi connectivity index (χ0n) is 12.8. The molecule has 1 aromatic carbocycles. The topological polar surface area (TPSA) is 32.8 Å². The highest BCUT2D eigenvalue weighted by Crippen LogP contribution is 2.27. The van der Waals surface area contributed by atoms with Crippen molar-refractivity contribution in [3.8, 4) is 0 Å². The van der Waals surface area contributed by atoms with E-state index in [1.54, 1.807) is 0 Å². The van der Waals surface area contributed by atoms with Gasteiger partial charge in [0.15, 0.2) is 5.78 Å². The van der Waals surface area contributed by atoms with Crippen molar-refractivity contribution in [2.45, 2.75) is 25.8 Å². The fourth-order valence-corrected chi connectivity index (χ4v) is 3.38. The third kappa shape index (κ3) is 3.11. The first-order chi connectivity index (χ1) is 10.3. The molecular formula is C17H24N2O2. The van der Waals surface area contributed by atoms with E-state index in [1.165, 1.54) is 6.42 Å². The highest BCUT2D eigenvalue weighted by Gasteiger charge is 2.30. The molecule has 0 aliphatic carbocycles. The lowest BCUT2D eigenvalue weighted by Crippen LogP contribution is -2.44. The number of nitrogens with zero attached hydrogens (tertiary/aromatic N) is 2. The van der Waals surface area contributed by atoms with Gasteiger partial charge in [-0.15, -0.1) is 0 Å². The minimum atomic E-state index is 0.237. The van der Waals surface area contributed by atoms with Crippen molar-refractivity contribution in [2.75, 3.05) is 44.3 Å². The van der Waals surface area contributed by atoms with E-state index < -0.39 is 0 Å². The molecule has 2 aliphatic rings. The molecule has 2 saturated heterocycles. The second-order valence-electron chi connectivity index (χ2n) is 5.83. The fourth-order valence-electron chi connectivity index (χ4n) is 3.38. The molecule has 0 N–H and O–H groups in total. The Labute approximate surface area is 126 Å². The molecule has 114 valence electrons. The van der Waals surface area contributed by atoms with Crippen molar-refractivity contribution in [1.82, 2.24) is 4.90 Å². The van der Waals surface area contributed by atoms with Gasteiger partial charge in [0, 0.05) is 49.9 Å². The van der Waals surface area contributed by atoms with Crippen LogP contribution in [-0.2, 0) is 4.74 Å². The first-order valence-corrected chi connectivity index (χ1v) is 7.98. The van der Waals surface area contributed by atoms with Crippen LogP contribution < -0.4 is 4.90 Å².